The average molecular weight is 325 g/mol. The quantitative estimate of drug-likeness (QED) is 0.727. The molecule has 19 heavy (non-hydrogen) atoms. The number of hydrogen-bond donors (Lipinski definition) is 1. The Morgan fingerprint density at radius 3 is 2.47 bits per heavy atom. The predicted molar refractivity (Wildman–Crippen MR) is 77.2 cm³/mol. The van der Waals surface area contributed by atoms with Crippen LogP contribution >= 0.6 is 15.9 Å². The van der Waals surface area contributed by atoms with Crippen molar-refractivity contribution >= 4 is 39.4 Å². The first-order valence-corrected chi connectivity index (χ1v) is 6.81. The molecule has 0 radical (unpaired) electrons. The van der Waals surface area contributed by atoms with Gasteiger partial charge < -0.3 is 13.1 Å². The molecule has 6 heteroatoms. The summed E-state index contributed by atoms with van der Waals surface area (Å²) in [4.78, 5) is 0. The van der Waals surface area contributed by atoms with Crippen molar-refractivity contribution in [2.45, 2.75) is 13.8 Å². The van der Waals surface area contributed by atoms with Gasteiger partial charge in [-0.2, -0.15) is 0 Å². The van der Waals surface area contributed by atoms with Crippen LogP contribution in [-0.2, 0) is 0 Å². The molecule has 1 N–H and O–H groups in total. The molecule has 3 rings (SSSR count). The van der Waals surface area contributed by atoms with E-state index >= 15 is 0 Å². The monoisotopic (exact) mass is 324 g/mol. The van der Waals surface area contributed by atoms with Gasteiger partial charge in [0, 0.05) is 5.39 Å². The predicted octanol–water partition coefficient (Wildman–Crippen LogP) is 3.87. The van der Waals surface area contributed by atoms with E-state index < -0.39 is 6.84 Å². The highest BCUT2D eigenvalue weighted by Gasteiger charge is 2.49. The lowest BCUT2D eigenvalue weighted by Crippen LogP contribution is -2.56. The molecular weight excluding hydrogens is 313 g/mol. The molecule has 0 saturated carbocycles. The van der Waals surface area contributed by atoms with E-state index in [0.717, 1.165) is 15.3 Å². The van der Waals surface area contributed by atoms with Gasteiger partial charge in [-0.25, -0.2) is 0 Å². The fraction of sp³-hybridized carbons (Fsp3) is 0.154. The fourth-order valence-electron chi connectivity index (χ4n) is 2.51. The van der Waals surface area contributed by atoms with E-state index in [9.17, 15) is 8.63 Å². The largest absolute Gasteiger partial charge is 0.586 e. The third kappa shape index (κ3) is 1.70. The number of benzene rings is 1. The van der Waals surface area contributed by atoms with Gasteiger partial charge in [0.25, 0.3) is 0 Å². The topological polar surface area (TPSA) is 15.9 Å². The third-order valence-corrected chi connectivity index (χ3v) is 4.07. The van der Waals surface area contributed by atoms with Crippen LogP contribution in [0, 0.1) is 0 Å². The van der Waals surface area contributed by atoms with Gasteiger partial charge >= 0.3 is 6.84 Å². The van der Waals surface area contributed by atoms with Crippen molar-refractivity contribution in [3.63, 3.8) is 0 Å². The highest BCUT2D eigenvalue weighted by molar-refractivity contribution is 9.10. The van der Waals surface area contributed by atoms with E-state index in [-0.39, 0.29) is 5.60 Å². The Kier molecular flexibility index (Phi) is 2.67. The first-order chi connectivity index (χ1) is 8.93. The SMILES string of the molecule is CC(C)=C1Nc2c3ccccc3c(Br)c[n+]2[B-]1(F)F. The van der Waals surface area contributed by atoms with Gasteiger partial charge in [0.05, 0.1) is 21.7 Å². The van der Waals surface area contributed by atoms with E-state index in [2.05, 4.69) is 21.2 Å². The van der Waals surface area contributed by atoms with Gasteiger partial charge in [-0.1, -0.05) is 23.8 Å². The van der Waals surface area contributed by atoms with Crippen molar-refractivity contribution in [1.82, 2.24) is 0 Å². The molecule has 0 saturated heterocycles. The summed E-state index contributed by atoms with van der Waals surface area (Å²) in [5.74, 6) is 0.458. The number of rotatable bonds is 0. The molecule has 0 bridgehead atoms. The van der Waals surface area contributed by atoms with Crippen LogP contribution in [0.4, 0.5) is 14.4 Å². The Bertz CT molecular complexity index is 724. The Balaban J connectivity index is 2.41. The minimum atomic E-state index is -3.76. The summed E-state index contributed by atoms with van der Waals surface area (Å²) in [6.45, 7) is -0.371. The molecular formula is C13H12BBrF2N2. The van der Waals surface area contributed by atoms with E-state index in [1.54, 1.807) is 13.8 Å². The third-order valence-electron chi connectivity index (χ3n) is 3.44. The number of nitrogens with zero attached hydrogens (tertiary/aromatic N) is 1. The average Bonchev–Trinajstić information content (AvgIpc) is 2.62. The maximum Gasteiger partial charge on any atom is 0.586 e. The summed E-state index contributed by atoms with van der Waals surface area (Å²) in [5.41, 5.74) is 0.622. The van der Waals surface area contributed by atoms with Crippen LogP contribution in [0.25, 0.3) is 10.8 Å². The molecule has 1 aromatic carbocycles. The summed E-state index contributed by atoms with van der Waals surface area (Å²) < 4.78 is 30.6. The van der Waals surface area contributed by atoms with Crippen molar-refractivity contribution < 1.29 is 13.1 Å². The van der Waals surface area contributed by atoms with Crippen molar-refractivity contribution in [2.24, 2.45) is 0 Å². The summed E-state index contributed by atoms with van der Waals surface area (Å²) in [7, 11) is 0. The second-order valence-electron chi connectivity index (χ2n) is 4.94. The molecule has 0 spiro atoms. The second-order valence-corrected chi connectivity index (χ2v) is 5.80. The molecule has 1 aromatic heterocycles. The number of fused-ring (bicyclic) bond motifs is 3. The van der Waals surface area contributed by atoms with Crippen molar-refractivity contribution in [1.29, 1.82) is 0 Å². The number of pyridine rings is 1. The molecule has 0 atom stereocenters. The highest BCUT2D eigenvalue weighted by Crippen LogP contribution is 2.35. The van der Waals surface area contributed by atoms with Crippen LogP contribution in [0.5, 0.6) is 0 Å². The van der Waals surface area contributed by atoms with Crippen LogP contribution in [0.3, 0.4) is 0 Å². The fourth-order valence-corrected chi connectivity index (χ4v) is 3.07. The zero-order chi connectivity index (χ0) is 13.8. The van der Waals surface area contributed by atoms with Gasteiger partial charge in [-0.15, -0.1) is 0 Å². The van der Waals surface area contributed by atoms with Crippen LogP contribution < -0.4 is 9.79 Å². The zero-order valence-corrected chi connectivity index (χ0v) is 12.1. The number of anilines is 1. The number of halogens is 3. The summed E-state index contributed by atoms with van der Waals surface area (Å²) in [6.07, 6.45) is 1.46. The lowest BCUT2D eigenvalue weighted by molar-refractivity contribution is -0.542. The normalized spacial score (nSPS) is 16.4. The number of allylic oxidation sites excluding steroid dienone is 1. The van der Waals surface area contributed by atoms with Gasteiger partial charge in [0.1, 0.15) is 0 Å². The van der Waals surface area contributed by atoms with Gasteiger partial charge in [0.2, 0.25) is 5.82 Å². The van der Waals surface area contributed by atoms with Crippen LogP contribution in [0.15, 0.2) is 46.1 Å². The molecule has 2 aromatic rings. The highest BCUT2D eigenvalue weighted by atomic mass is 79.9. The summed E-state index contributed by atoms with van der Waals surface area (Å²) in [5, 5.41) is 4.60. The Morgan fingerprint density at radius 2 is 1.84 bits per heavy atom. The lowest BCUT2D eigenvalue weighted by Gasteiger charge is -2.16. The van der Waals surface area contributed by atoms with Crippen LogP contribution in [-0.4, -0.2) is 6.84 Å². The molecule has 0 unspecified atom stereocenters. The standard InChI is InChI=1S/C13H12BBrF2N2/c1-8(2)12-14(16,17)19-7-11(15)9-5-3-4-6-10(9)13(19)18-12/h3-7,18H,1-2H3. The molecule has 0 amide bonds. The molecule has 1 aliphatic rings. The zero-order valence-electron chi connectivity index (χ0n) is 10.5. The molecule has 0 fully saturated rings. The maximum absolute atomic E-state index is 14.4. The Hall–Kier alpha value is -1.43. The maximum atomic E-state index is 14.4. The van der Waals surface area contributed by atoms with E-state index in [1.807, 2.05) is 24.3 Å². The molecule has 98 valence electrons. The Morgan fingerprint density at radius 1 is 1.21 bits per heavy atom. The smallest absolute Gasteiger partial charge is 0.430 e. The molecule has 0 aliphatic carbocycles. The molecule has 2 nitrogen and oxygen atoms in total. The minimum Gasteiger partial charge on any atom is -0.430 e. The van der Waals surface area contributed by atoms with Crippen molar-refractivity contribution in [3.8, 4) is 0 Å². The summed E-state index contributed by atoms with van der Waals surface area (Å²) in [6, 6.07) is 7.50. The number of aromatic nitrogens is 1. The lowest BCUT2D eigenvalue weighted by atomic mass is 9.74. The van der Waals surface area contributed by atoms with E-state index in [1.165, 1.54) is 6.20 Å². The first-order valence-electron chi connectivity index (χ1n) is 6.02. The first kappa shape index (κ1) is 12.6. The van der Waals surface area contributed by atoms with Crippen LogP contribution in [0.1, 0.15) is 13.8 Å². The van der Waals surface area contributed by atoms with Crippen LogP contribution in [0.2, 0.25) is 0 Å². The Labute approximate surface area is 118 Å². The van der Waals surface area contributed by atoms with Crippen molar-refractivity contribution in [3.05, 3.63) is 46.1 Å². The van der Waals surface area contributed by atoms with Gasteiger partial charge in [-0.3, -0.25) is 5.32 Å². The molecule has 2 heterocycles. The van der Waals surface area contributed by atoms with Gasteiger partial charge in [0.15, 0.2) is 0 Å². The molecule has 1 aliphatic heterocycles. The summed E-state index contributed by atoms with van der Waals surface area (Å²) >= 11 is 3.37. The van der Waals surface area contributed by atoms with Crippen molar-refractivity contribution in [2.75, 3.05) is 5.32 Å². The number of hydrogen-bond acceptors (Lipinski definition) is 1. The van der Waals surface area contributed by atoms with Gasteiger partial charge in [-0.05, 0) is 35.8 Å². The van der Waals surface area contributed by atoms with E-state index in [4.69, 9.17) is 0 Å². The number of nitrogens with one attached hydrogen (secondary N) is 1. The minimum absolute atomic E-state index is 0.0169. The second kappa shape index (κ2) is 4.03. The van der Waals surface area contributed by atoms with E-state index in [0.29, 0.717) is 15.9 Å².